The second kappa shape index (κ2) is 9.02. The number of hydrogen-bond acceptors (Lipinski definition) is 3. The Hall–Kier alpha value is -0.990. The molecule has 6 rings (SSSR count). The highest BCUT2D eigenvalue weighted by Crippen LogP contribution is 2.61. The third kappa shape index (κ3) is 4.51. The molecule has 6 aliphatic carbocycles. The molecule has 6 aliphatic rings. The number of carbonyl (C=O) groups is 1. The fourth-order valence-corrected chi connectivity index (χ4v) is 9.54. The SMILES string of the molecule is CC(CCC1C(C)C2CC(CC(O)(C(F)(F)F)C(F)(F)F)C1C2)C(=O)OC1(C)C2CC3CC(C2)CC1C3. The van der Waals surface area contributed by atoms with Crippen LogP contribution in [0.1, 0.15) is 85.0 Å². The van der Waals surface area contributed by atoms with E-state index in [0.717, 1.165) is 37.5 Å². The van der Waals surface area contributed by atoms with Crippen LogP contribution in [0.5, 0.6) is 0 Å². The van der Waals surface area contributed by atoms with Gasteiger partial charge in [0.25, 0.3) is 5.60 Å². The predicted octanol–water partition coefficient (Wildman–Crippen LogP) is 7.31. The maximum Gasteiger partial charge on any atom is 0.426 e. The van der Waals surface area contributed by atoms with Gasteiger partial charge in [-0.3, -0.25) is 4.79 Å². The third-order valence-corrected chi connectivity index (χ3v) is 11.7. The first-order chi connectivity index (χ1) is 17.0. The summed E-state index contributed by atoms with van der Waals surface area (Å²) in [5.41, 5.74) is -5.11. The summed E-state index contributed by atoms with van der Waals surface area (Å²) in [5, 5.41) is 9.77. The average Bonchev–Trinajstić information content (AvgIpc) is 3.31. The van der Waals surface area contributed by atoms with Crippen LogP contribution in [0, 0.1) is 59.2 Å². The molecular weight excluding hydrogens is 498 g/mol. The standard InChI is InChI=1S/C28H40F6O3/c1-14(24(35)37-25(3)20-7-16-6-17(9-20)10-21(25)8-16)4-5-22-15(2)18-11-19(23(22)12-18)13-26(36,27(29,30)31)28(32,33)34/h14-23,36H,4-13H2,1-3H3. The zero-order valence-corrected chi connectivity index (χ0v) is 21.9. The van der Waals surface area contributed by atoms with Crippen LogP contribution < -0.4 is 0 Å². The van der Waals surface area contributed by atoms with Crippen molar-refractivity contribution in [1.29, 1.82) is 0 Å². The van der Waals surface area contributed by atoms with E-state index in [-0.39, 0.29) is 42.0 Å². The van der Waals surface area contributed by atoms with Gasteiger partial charge in [0.05, 0.1) is 5.92 Å². The van der Waals surface area contributed by atoms with Crippen molar-refractivity contribution >= 4 is 5.97 Å². The van der Waals surface area contributed by atoms with Gasteiger partial charge in [0.1, 0.15) is 5.60 Å². The van der Waals surface area contributed by atoms with Gasteiger partial charge in [0.15, 0.2) is 0 Å². The predicted molar refractivity (Wildman–Crippen MR) is 124 cm³/mol. The third-order valence-electron chi connectivity index (χ3n) is 11.7. The van der Waals surface area contributed by atoms with E-state index < -0.39 is 35.9 Å². The van der Waals surface area contributed by atoms with E-state index in [1.165, 1.54) is 6.42 Å². The van der Waals surface area contributed by atoms with Crippen LogP contribution in [0.25, 0.3) is 0 Å². The van der Waals surface area contributed by atoms with Gasteiger partial charge in [0.2, 0.25) is 0 Å². The first-order valence-corrected chi connectivity index (χ1v) is 14.1. The normalized spacial score (nSPS) is 43.9. The Morgan fingerprint density at radius 2 is 1.49 bits per heavy atom. The molecule has 0 aromatic rings. The molecule has 1 N–H and O–H groups in total. The largest absolute Gasteiger partial charge is 0.459 e. The highest BCUT2D eigenvalue weighted by atomic mass is 19.4. The topological polar surface area (TPSA) is 46.5 Å². The number of alkyl halides is 6. The Morgan fingerprint density at radius 1 is 0.946 bits per heavy atom. The lowest BCUT2D eigenvalue weighted by atomic mass is 9.50. The summed E-state index contributed by atoms with van der Waals surface area (Å²) >= 11 is 0. The molecule has 6 bridgehead atoms. The molecule has 0 aromatic carbocycles. The van der Waals surface area contributed by atoms with E-state index in [1.54, 1.807) is 0 Å². The lowest BCUT2D eigenvalue weighted by Crippen LogP contribution is -2.58. The molecule has 0 aromatic heterocycles. The Balaban J connectivity index is 1.20. The van der Waals surface area contributed by atoms with Crippen molar-refractivity contribution in [3.63, 3.8) is 0 Å². The molecule has 6 atom stereocenters. The second-order valence-electron chi connectivity index (χ2n) is 13.6. The van der Waals surface area contributed by atoms with Crippen molar-refractivity contribution in [2.45, 2.75) is 109 Å². The molecule has 0 spiro atoms. The minimum atomic E-state index is -5.78. The summed E-state index contributed by atoms with van der Waals surface area (Å²) in [4.78, 5) is 13.2. The van der Waals surface area contributed by atoms with E-state index >= 15 is 0 Å². The van der Waals surface area contributed by atoms with Gasteiger partial charge >= 0.3 is 18.3 Å². The number of hydrogen-bond donors (Lipinski definition) is 1. The zero-order valence-electron chi connectivity index (χ0n) is 21.9. The van der Waals surface area contributed by atoms with Crippen molar-refractivity contribution in [3.05, 3.63) is 0 Å². The maximum absolute atomic E-state index is 13.3. The molecule has 0 aliphatic heterocycles. The van der Waals surface area contributed by atoms with Gasteiger partial charge in [0, 0.05) is 0 Å². The first kappa shape index (κ1) is 27.6. The van der Waals surface area contributed by atoms with Crippen molar-refractivity contribution in [1.82, 2.24) is 0 Å². The molecule has 37 heavy (non-hydrogen) atoms. The minimum Gasteiger partial charge on any atom is -0.459 e. The van der Waals surface area contributed by atoms with E-state index in [1.807, 2.05) is 13.8 Å². The number of aliphatic hydroxyl groups is 1. The van der Waals surface area contributed by atoms with Crippen LogP contribution in [-0.2, 0) is 9.53 Å². The van der Waals surface area contributed by atoms with E-state index in [0.29, 0.717) is 31.1 Å². The van der Waals surface area contributed by atoms with Crippen molar-refractivity contribution < 1.29 is 41.0 Å². The highest BCUT2D eigenvalue weighted by Gasteiger charge is 2.71. The number of ether oxygens (including phenoxy) is 1. The van der Waals surface area contributed by atoms with Crippen molar-refractivity contribution in [2.24, 2.45) is 59.2 Å². The van der Waals surface area contributed by atoms with E-state index in [9.17, 15) is 36.2 Å². The summed E-state index contributed by atoms with van der Waals surface area (Å²) in [6.07, 6.45) is -5.17. The lowest BCUT2D eigenvalue weighted by molar-refractivity contribution is -0.373. The molecule has 3 nitrogen and oxygen atoms in total. The number of halogens is 6. The fourth-order valence-electron chi connectivity index (χ4n) is 9.54. The first-order valence-electron chi connectivity index (χ1n) is 14.1. The summed E-state index contributed by atoms with van der Waals surface area (Å²) in [6, 6.07) is 0. The maximum atomic E-state index is 13.3. The summed E-state index contributed by atoms with van der Waals surface area (Å²) < 4.78 is 86.2. The Kier molecular flexibility index (Phi) is 6.72. The van der Waals surface area contributed by atoms with Gasteiger partial charge in [-0.1, -0.05) is 13.8 Å². The number of esters is 1. The molecular formula is C28H40F6O3. The van der Waals surface area contributed by atoms with Gasteiger partial charge in [-0.15, -0.1) is 0 Å². The number of carbonyl (C=O) groups excluding carboxylic acids is 1. The summed E-state index contributed by atoms with van der Waals surface area (Å²) in [6.45, 7) is 5.93. The fraction of sp³-hybridized carbons (Fsp3) is 0.964. The Labute approximate surface area is 215 Å². The molecule has 0 amide bonds. The average molecular weight is 539 g/mol. The Morgan fingerprint density at radius 3 is 1.97 bits per heavy atom. The summed E-state index contributed by atoms with van der Waals surface area (Å²) in [7, 11) is 0. The quantitative estimate of drug-likeness (QED) is 0.273. The van der Waals surface area contributed by atoms with Crippen LogP contribution in [-0.4, -0.2) is 34.6 Å². The zero-order chi connectivity index (χ0) is 27.1. The highest BCUT2D eigenvalue weighted by molar-refractivity contribution is 5.72. The van der Waals surface area contributed by atoms with Gasteiger partial charge in [-0.25, -0.2) is 0 Å². The molecule has 0 heterocycles. The van der Waals surface area contributed by atoms with Crippen LogP contribution in [0.3, 0.4) is 0 Å². The molecule has 9 heteroatoms. The number of fused-ring (bicyclic) bond motifs is 2. The smallest absolute Gasteiger partial charge is 0.426 e. The molecule has 6 unspecified atom stereocenters. The van der Waals surface area contributed by atoms with E-state index in [2.05, 4.69) is 6.92 Å². The molecule has 212 valence electrons. The second-order valence-corrected chi connectivity index (χ2v) is 13.6. The van der Waals surface area contributed by atoms with Gasteiger partial charge in [-0.05, 0) is 124 Å². The summed E-state index contributed by atoms with van der Waals surface area (Å²) in [5.74, 6) is 0.761. The van der Waals surface area contributed by atoms with Gasteiger partial charge < -0.3 is 9.84 Å². The van der Waals surface area contributed by atoms with Gasteiger partial charge in [-0.2, -0.15) is 26.3 Å². The van der Waals surface area contributed by atoms with Crippen LogP contribution in [0.2, 0.25) is 0 Å². The minimum absolute atomic E-state index is 0.0542. The molecule has 0 saturated heterocycles. The van der Waals surface area contributed by atoms with E-state index in [4.69, 9.17) is 4.74 Å². The van der Waals surface area contributed by atoms with Crippen LogP contribution in [0.4, 0.5) is 26.3 Å². The Bertz CT molecular complexity index is 840. The van der Waals surface area contributed by atoms with Crippen molar-refractivity contribution in [3.8, 4) is 0 Å². The monoisotopic (exact) mass is 538 g/mol. The van der Waals surface area contributed by atoms with Crippen LogP contribution >= 0.6 is 0 Å². The van der Waals surface area contributed by atoms with Crippen LogP contribution in [0.15, 0.2) is 0 Å². The lowest BCUT2D eigenvalue weighted by Gasteiger charge is -2.59. The van der Waals surface area contributed by atoms with Crippen molar-refractivity contribution in [2.75, 3.05) is 0 Å². The molecule has 6 saturated carbocycles. The number of rotatable bonds is 7. The molecule has 0 radical (unpaired) electrons. The molecule has 6 fully saturated rings.